The first-order valence-electron chi connectivity index (χ1n) is 11.1. The fraction of sp³-hybridized carbons (Fsp3) is 0.565. The summed E-state index contributed by atoms with van der Waals surface area (Å²) in [6, 6.07) is 8.78. The van der Waals surface area contributed by atoms with Gasteiger partial charge in [-0.3, -0.25) is 19.8 Å². The smallest absolute Gasteiger partial charge is 0.242 e. The molecule has 0 unspecified atom stereocenters. The molecule has 0 heterocycles. The monoisotopic (exact) mass is 445 g/mol. The Kier molecular flexibility index (Phi) is 12.0. The van der Waals surface area contributed by atoms with E-state index in [0.717, 1.165) is 5.56 Å². The van der Waals surface area contributed by atoms with Crippen LogP contribution in [0.4, 0.5) is 0 Å². The fourth-order valence-corrected chi connectivity index (χ4v) is 3.67. The van der Waals surface area contributed by atoms with Crippen LogP contribution in [0.25, 0.3) is 0 Å². The zero-order valence-corrected chi connectivity index (χ0v) is 19.2. The van der Waals surface area contributed by atoms with Gasteiger partial charge in [0, 0.05) is 19.5 Å². The van der Waals surface area contributed by atoms with Gasteiger partial charge in [0.2, 0.25) is 18.1 Å². The van der Waals surface area contributed by atoms with Gasteiger partial charge in [0.05, 0.1) is 12.6 Å². The van der Waals surface area contributed by atoms with Crippen LogP contribution in [0.2, 0.25) is 0 Å². The van der Waals surface area contributed by atoms with Crippen molar-refractivity contribution in [2.24, 2.45) is 11.5 Å². The Morgan fingerprint density at radius 1 is 1.19 bits per heavy atom. The molecule has 2 amide bonds. The van der Waals surface area contributed by atoms with Crippen LogP contribution < -0.4 is 22.1 Å². The van der Waals surface area contributed by atoms with Gasteiger partial charge in [0.1, 0.15) is 5.54 Å². The summed E-state index contributed by atoms with van der Waals surface area (Å²) in [5.74, 6) is -0.905. The van der Waals surface area contributed by atoms with Crippen LogP contribution in [0, 0.1) is 5.41 Å². The highest BCUT2D eigenvalue weighted by atomic mass is 16.2. The van der Waals surface area contributed by atoms with E-state index in [0.29, 0.717) is 51.6 Å². The number of amides is 2. The number of nitrogens with zero attached hydrogens (tertiary/aromatic N) is 1. The first-order chi connectivity index (χ1) is 15.3. The molecule has 0 bridgehead atoms. The van der Waals surface area contributed by atoms with Crippen molar-refractivity contribution >= 4 is 24.1 Å². The highest BCUT2D eigenvalue weighted by Crippen LogP contribution is 2.25. The summed E-state index contributed by atoms with van der Waals surface area (Å²) in [6.07, 6.45) is 5.34. The molecule has 0 fully saturated rings. The predicted molar refractivity (Wildman–Crippen MR) is 126 cm³/mol. The van der Waals surface area contributed by atoms with Gasteiger partial charge in [-0.25, -0.2) is 0 Å². The lowest BCUT2D eigenvalue weighted by atomic mass is 9.85. The molecule has 0 saturated heterocycles. The Labute approximate surface area is 190 Å². The zero-order chi connectivity index (χ0) is 24.0. The number of carbonyl (C=O) groups excluding carboxylic acids is 3. The van der Waals surface area contributed by atoms with Crippen molar-refractivity contribution in [3.05, 3.63) is 35.9 Å². The van der Waals surface area contributed by atoms with Crippen molar-refractivity contribution in [1.82, 2.24) is 15.5 Å². The second kappa shape index (κ2) is 14.2. The van der Waals surface area contributed by atoms with Gasteiger partial charge >= 0.3 is 0 Å². The quantitative estimate of drug-likeness (QED) is 0.153. The zero-order valence-electron chi connectivity index (χ0n) is 19.2. The van der Waals surface area contributed by atoms with Crippen molar-refractivity contribution in [1.29, 1.82) is 5.41 Å². The minimum Gasteiger partial charge on any atom is -0.370 e. The van der Waals surface area contributed by atoms with Crippen molar-refractivity contribution in [2.45, 2.75) is 64.0 Å². The summed E-state index contributed by atoms with van der Waals surface area (Å²) in [5.41, 5.74) is 11.0. The average molecular weight is 446 g/mol. The third-order valence-corrected chi connectivity index (χ3v) is 5.22. The van der Waals surface area contributed by atoms with Crippen LogP contribution in [0.3, 0.4) is 0 Å². The molecular formula is C23H37N6O3. The number of nitrogens with two attached hydrogens (primary N) is 2. The van der Waals surface area contributed by atoms with E-state index in [9.17, 15) is 14.4 Å². The second-order valence-corrected chi connectivity index (χ2v) is 7.90. The van der Waals surface area contributed by atoms with E-state index >= 15 is 0 Å². The molecule has 0 spiro atoms. The van der Waals surface area contributed by atoms with E-state index in [1.807, 2.05) is 44.2 Å². The van der Waals surface area contributed by atoms with E-state index < -0.39 is 17.5 Å². The third kappa shape index (κ3) is 8.66. The van der Waals surface area contributed by atoms with Crippen LogP contribution in [-0.4, -0.2) is 60.2 Å². The standard InChI is InChI=1S/C23H37N6O3/c1-3-12-23(17-30,15-18-9-6-5-7-10-18)29(14-4-2)20(31)16-28-21(32)19(24)11-8-13-27-22(25)26/h5-7,9-10,19H,3-4,8,11-16,24H2,1-2H3,(H,28,32)(H4,25,26,27)/t19-,23-/m0/s1. The number of hydrogen-bond acceptors (Lipinski definition) is 5. The SMILES string of the molecule is CCCN(C(=O)CNC(=O)[C@@H](N)CCCNC(=N)N)[C@@]([C]=O)(CCC)Cc1ccccc1. The maximum atomic E-state index is 13.1. The summed E-state index contributed by atoms with van der Waals surface area (Å²) in [7, 11) is 0. The molecule has 9 nitrogen and oxygen atoms in total. The van der Waals surface area contributed by atoms with Gasteiger partial charge in [-0.1, -0.05) is 50.6 Å². The Hall–Kier alpha value is -2.94. The molecule has 1 aromatic carbocycles. The molecule has 0 aliphatic carbocycles. The van der Waals surface area contributed by atoms with Gasteiger partial charge in [-0.05, 0) is 31.2 Å². The summed E-state index contributed by atoms with van der Waals surface area (Å²) < 4.78 is 0. The van der Waals surface area contributed by atoms with E-state index in [2.05, 4.69) is 16.9 Å². The number of guanidine groups is 1. The topological polar surface area (TPSA) is 154 Å². The molecule has 0 saturated carbocycles. The van der Waals surface area contributed by atoms with Gasteiger partial charge in [0.15, 0.2) is 5.96 Å². The third-order valence-electron chi connectivity index (χ3n) is 5.22. The molecule has 1 aromatic rings. The molecule has 9 heteroatoms. The largest absolute Gasteiger partial charge is 0.370 e. The lowest BCUT2D eigenvalue weighted by Crippen LogP contribution is -2.57. The lowest BCUT2D eigenvalue weighted by molar-refractivity contribution is -0.137. The predicted octanol–water partition coefficient (Wildman–Crippen LogP) is 0.823. The molecule has 177 valence electrons. The average Bonchev–Trinajstić information content (AvgIpc) is 2.78. The van der Waals surface area contributed by atoms with Crippen LogP contribution in [0.15, 0.2) is 30.3 Å². The lowest BCUT2D eigenvalue weighted by Gasteiger charge is -2.40. The van der Waals surface area contributed by atoms with Crippen LogP contribution >= 0.6 is 0 Å². The summed E-state index contributed by atoms with van der Waals surface area (Å²) in [6.45, 7) is 4.49. The Morgan fingerprint density at radius 3 is 2.44 bits per heavy atom. The first-order valence-corrected chi connectivity index (χ1v) is 11.1. The molecule has 0 aliphatic rings. The Balaban J connectivity index is 2.83. The maximum Gasteiger partial charge on any atom is 0.242 e. The van der Waals surface area contributed by atoms with E-state index in [-0.39, 0.29) is 18.4 Å². The molecule has 1 rings (SSSR count). The minimum atomic E-state index is -1.09. The number of rotatable bonds is 15. The summed E-state index contributed by atoms with van der Waals surface area (Å²) in [4.78, 5) is 39.2. The van der Waals surface area contributed by atoms with Crippen LogP contribution in [0.1, 0.15) is 51.5 Å². The molecular weight excluding hydrogens is 408 g/mol. The molecule has 0 aliphatic heterocycles. The number of benzene rings is 1. The van der Waals surface area contributed by atoms with Crippen molar-refractivity contribution in [2.75, 3.05) is 19.6 Å². The number of hydrogen-bond donors (Lipinski definition) is 5. The van der Waals surface area contributed by atoms with Crippen molar-refractivity contribution < 1.29 is 14.4 Å². The Morgan fingerprint density at radius 2 is 1.88 bits per heavy atom. The summed E-state index contributed by atoms with van der Waals surface area (Å²) in [5, 5.41) is 12.4. The minimum absolute atomic E-state index is 0.136. The van der Waals surface area contributed by atoms with Gasteiger partial charge < -0.3 is 27.0 Å². The van der Waals surface area contributed by atoms with Gasteiger partial charge in [0.25, 0.3) is 0 Å². The van der Waals surface area contributed by atoms with Crippen LogP contribution in [0.5, 0.6) is 0 Å². The number of carbonyl (C=O) groups is 2. The first kappa shape index (κ1) is 27.1. The molecule has 1 radical (unpaired) electrons. The molecule has 2 atom stereocenters. The second-order valence-electron chi connectivity index (χ2n) is 7.90. The maximum absolute atomic E-state index is 13.1. The summed E-state index contributed by atoms with van der Waals surface area (Å²) >= 11 is 0. The molecule has 7 N–H and O–H groups in total. The molecule has 0 aromatic heterocycles. The van der Waals surface area contributed by atoms with E-state index in [1.165, 1.54) is 0 Å². The van der Waals surface area contributed by atoms with E-state index in [4.69, 9.17) is 16.9 Å². The van der Waals surface area contributed by atoms with E-state index in [1.54, 1.807) is 4.90 Å². The fourth-order valence-electron chi connectivity index (χ4n) is 3.67. The van der Waals surface area contributed by atoms with Crippen molar-refractivity contribution in [3.8, 4) is 0 Å². The normalized spacial score (nSPS) is 13.5. The molecule has 32 heavy (non-hydrogen) atoms. The Bertz CT molecular complexity index is 743. The van der Waals surface area contributed by atoms with Gasteiger partial charge in [-0.2, -0.15) is 0 Å². The van der Waals surface area contributed by atoms with Gasteiger partial charge in [-0.15, -0.1) is 0 Å². The number of nitrogens with one attached hydrogen (secondary N) is 3. The van der Waals surface area contributed by atoms with Crippen LogP contribution in [-0.2, 0) is 20.8 Å². The van der Waals surface area contributed by atoms with Crippen molar-refractivity contribution in [3.63, 3.8) is 0 Å². The highest BCUT2D eigenvalue weighted by molar-refractivity contribution is 5.89. The highest BCUT2D eigenvalue weighted by Gasteiger charge is 2.39.